The number of carbonyl (C=O) groups excluding carboxylic acids is 1. The van der Waals surface area contributed by atoms with Crippen LogP contribution in [0.1, 0.15) is 23.3 Å². The zero-order valence-corrected chi connectivity index (χ0v) is 11.3. The Hall–Kier alpha value is -2.15. The minimum absolute atomic E-state index is 0.154. The molecule has 0 bridgehead atoms. The molecule has 3 rings (SSSR count). The summed E-state index contributed by atoms with van der Waals surface area (Å²) in [5.41, 5.74) is 0.154. The Morgan fingerprint density at radius 1 is 1.50 bits per heavy atom. The first kappa shape index (κ1) is 12.9. The number of amides is 1. The summed E-state index contributed by atoms with van der Waals surface area (Å²) in [4.78, 5) is 25.6. The second-order valence-electron chi connectivity index (χ2n) is 4.55. The van der Waals surface area contributed by atoms with E-state index in [0.29, 0.717) is 25.1 Å². The molecule has 1 unspecified atom stereocenters. The van der Waals surface area contributed by atoms with Gasteiger partial charge in [0.25, 0.3) is 5.91 Å². The Morgan fingerprint density at radius 2 is 2.35 bits per heavy atom. The first-order chi connectivity index (χ1) is 9.66. The van der Waals surface area contributed by atoms with Crippen molar-refractivity contribution < 1.29 is 19.2 Å². The van der Waals surface area contributed by atoms with E-state index >= 15 is 0 Å². The standard InChI is InChI=1S/C13H12N2O4S/c16-12(15-5-1-3-9(15)13(17)18)8-7-10(19-14-8)11-4-2-6-20-11/h2,4,6-7,9H,1,3,5H2,(H,17,18). The number of hydrogen-bond donors (Lipinski definition) is 1. The van der Waals surface area contributed by atoms with Gasteiger partial charge in [-0.2, -0.15) is 0 Å². The molecule has 0 radical (unpaired) electrons. The van der Waals surface area contributed by atoms with Gasteiger partial charge in [-0.3, -0.25) is 4.79 Å². The topological polar surface area (TPSA) is 83.6 Å². The van der Waals surface area contributed by atoms with Crippen LogP contribution in [0, 0.1) is 0 Å². The highest BCUT2D eigenvalue weighted by Crippen LogP contribution is 2.26. The van der Waals surface area contributed by atoms with Crippen molar-refractivity contribution in [1.29, 1.82) is 0 Å². The molecular formula is C13H12N2O4S. The molecule has 2 aromatic heterocycles. The molecule has 0 saturated carbocycles. The van der Waals surface area contributed by atoms with Gasteiger partial charge in [-0.15, -0.1) is 11.3 Å². The van der Waals surface area contributed by atoms with Gasteiger partial charge >= 0.3 is 5.97 Å². The van der Waals surface area contributed by atoms with E-state index < -0.39 is 12.0 Å². The van der Waals surface area contributed by atoms with E-state index in [1.165, 1.54) is 16.2 Å². The summed E-state index contributed by atoms with van der Waals surface area (Å²) < 4.78 is 5.15. The molecule has 1 N–H and O–H groups in total. The van der Waals surface area contributed by atoms with Gasteiger partial charge in [0, 0.05) is 12.6 Å². The summed E-state index contributed by atoms with van der Waals surface area (Å²) in [6, 6.07) is 4.55. The fourth-order valence-corrected chi connectivity index (χ4v) is 3.00. The minimum atomic E-state index is -0.974. The molecule has 3 heterocycles. The smallest absolute Gasteiger partial charge is 0.326 e. The highest BCUT2D eigenvalue weighted by atomic mass is 32.1. The number of thiophene rings is 1. The van der Waals surface area contributed by atoms with Gasteiger partial charge in [0.15, 0.2) is 11.5 Å². The SMILES string of the molecule is O=C(O)C1CCCN1C(=O)c1cc(-c2cccs2)on1. The van der Waals surface area contributed by atoms with Gasteiger partial charge < -0.3 is 14.5 Å². The zero-order valence-electron chi connectivity index (χ0n) is 10.5. The molecule has 0 aromatic carbocycles. The molecule has 1 aliphatic rings. The maximum atomic E-state index is 12.3. The second-order valence-corrected chi connectivity index (χ2v) is 5.50. The Kier molecular flexibility index (Phi) is 3.27. The maximum Gasteiger partial charge on any atom is 0.326 e. The summed E-state index contributed by atoms with van der Waals surface area (Å²) in [5, 5.41) is 14.8. The number of rotatable bonds is 3. The van der Waals surface area contributed by atoms with Crippen molar-refractivity contribution in [2.45, 2.75) is 18.9 Å². The predicted octanol–water partition coefficient (Wildman–Crippen LogP) is 2.09. The molecule has 1 atom stereocenters. The molecule has 1 aliphatic heterocycles. The van der Waals surface area contributed by atoms with E-state index in [4.69, 9.17) is 9.63 Å². The number of carbonyl (C=O) groups is 2. The lowest BCUT2D eigenvalue weighted by atomic mass is 10.2. The molecule has 1 fully saturated rings. The van der Waals surface area contributed by atoms with Gasteiger partial charge in [-0.05, 0) is 24.3 Å². The molecule has 6 nitrogen and oxygen atoms in total. The lowest BCUT2D eigenvalue weighted by Gasteiger charge is -2.19. The second kappa shape index (κ2) is 5.09. The van der Waals surface area contributed by atoms with Crippen molar-refractivity contribution in [1.82, 2.24) is 10.1 Å². The van der Waals surface area contributed by atoms with E-state index in [9.17, 15) is 9.59 Å². The van der Waals surface area contributed by atoms with Crippen molar-refractivity contribution >= 4 is 23.2 Å². The zero-order chi connectivity index (χ0) is 14.1. The van der Waals surface area contributed by atoms with E-state index in [2.05, 4.69) is 5.16 Å². The summed E-state index contributed by atoms with van der Waals surface area (Å²) >= 11 is 1.49. The highest BCUT2D eigenvalue weighted by Gasteiger charge is 2.35. The van der Waals surface area contributed by atoms with Gasteiger partial charge in [-0.1, -0.05) is 11.2 Å². The Morgan fingerprint density at radius 3 is 3.05 bits per heavy atom. The number of aromatic nitrogens is 1. The maximum absolute atomic E-state index is 12.3. The normalized spacial score (nSPS) is 18.4. The van der Waals surface area contributed by atoms with Crippen LogP contribution >= 0.6 is 11.3 Å². The van der Waals surface area contributed by atoms with Crippen LogP contribution in [0.2, 0.25) is 0 Å². The molecule has 20 heavy (non-hydrogen) atoms. The Balaban J connectivity index is 1.83. The van der Waals surface area contributed by atoms with Crippen LogP contribution in [0.3, 0.4) is 0 Å². The van der Waals surface area contributed by atoms with Gasteiger partial charge in [0.2, 0.25) is 0 Å². The van der Waals surface area contributed by atoms with Crippen LogP contribution in [0.4, 0.5) is 0 Å². The van der Waals surface area contributed by atoms with Gasteiger partial charge in [0.1, 0.15) is 6.04 Å². The molecule has 0 spiro atoms. The molecule has 2 aromatic rings. The molecule has 0 aliphatic carbocycles. The molecular weight excluding hydrogens is 280 g/mol. The van der Waals surface area contributed by atoms with Crippen LogP contribution in [-0.2, 0) is 4.79 Å². The number of carboxylic acids is 1. The number of aliphatic carboxylic acids is 1. The quantitative estimate of drug-likeness (QED) is 0.936. The highest BCUT2D eigenvalue weighted by molar-refractivity contribution is 7.13. The first-order valence-corrected chi connectivity index (χ1v) is 7.09. The van der Waals surface area contributed by atoms with E-state index in [1.54, 1.807) is 6.07 Å². The number of likely N-dealkylation sites (tertiary alicyclic amines) is 1. The summed E-state index contributed by atoms with van der Waals surface area (Å²) in [5.74, 6) is -0.839. The van der Waals surface area contributed by atoms with Gasteiger partial charge in [-0.25, -0.2) is 4.79 Å². The van der Waals surface area contributed by atoms with Crippen LogP contribution in [-0.4, -0.2) is 39.6 Å². The molecule has 104 valence electrons. The number of nitrogens with zero attached hydrogens (tertiary/aromatic N) is 2. The van der Waals surface area contributed by atoms with Crippen molar-refractivity contribution in [2.24, 2.45) is 0 Å². The van der Waals surface area contributed by atoms with Crippen molar-refractivity contribution in [2.75, 3.05) is 6.54 Å². The average molecular weight is 292 g/mol. The van der Waals surface area contributed by atoms with Crippen LogP contribution in [0.15, 0.2) is 28.1 Å². The fourth-order valence-electron chi connectivity index (χ4n) is 2.32. The third-order valence-corrected chi connectivity index (χ3v) is 4.18. The first-order valence-electron chi connectivity index (χ1n) is 6.21. The third kappa shape index (κ3) is 2.20. The number of hydrogen-bond acceptors (Lipinski definition) is 5. The minimum Gasteiger partial charge on any atom is -0.480 e. The lowest BCUT2D eigenvalue weighted by molar-refractivity contribution is -0.141. The van der Waals surface area contributed by atoms with Gasteiger partial charge in [0.05, 0.1) is 4.88 Å². The third-order valence-electron chi connectivity index (χ3n) is 3.29. The molecule has 1 saturated heterocycles. The van der Waals surface area contributed by atoms with Crippen LogP contribution < -0.4 is 0 Å². The fraction of sp³-hybridized carbons (Fsp3) is 0.308. The van der Waals surface area contributed by atoms with Crippen LogP contribution in [0.25, 0.3) is 10.6 Å². The predicted molar refractivity (Wildman–Crippen MR) is 71.5 cm³/mol. The summed E-state index contributed by atoms with van der Waals surface area (Å²) in [6.45, 7) is 0.441. The lowest BCUT2D eigenvalue weighted by Crippen LogP contribution is -2.40. The summed E-state index contributed by atoms with van der Waals surface area (Å²) in [6.07, 6.45) is 1.18. The Bertz CT molecular complexity index is 635. The Labute approximate surface area is 118 Å². The number of carboxylic acid groups (broad SMARTS) is 1. The van der Waals surface area contributed by atoms with Crippen molar-refractivity contribution in [3.05, 3.63) is 29.3 Å². The summed E-state index contributed by atoms with van der Waals surface area (Å²) in [7, 11) is 0. The van der Waals surface area contributed by atoms with E-state index in [0.717, 1.165) is 4.88 Å². The van der Waals surface area contributed by atoms with E-state index in [-0.39, 0.29) is 11.6 Å². The average Bonchev–Trinajstić information content (AvgIpc) is 3.17. The molecule has 7 heteroatoms. The molecule has 1 amide bonds. The van der Waals surface area contributed by atoms with Crippen molar-refractivity contribution in [3.63, 3.8) is 0 Å². The van der Waals surface area contributed by atoms with E-state index in [1.807, 2.05) is 17.5 Å². The monoisotopic (exact) mass is 292 g/mol. The van der Waals surface area contributed by atoms with Crippen molar-refractivity contribution in [3.8, 4) is 10.6 Å². The largest absolute Gasteiger partial charge is 0.480 e. The van der Waals surface area contributed by atoms with Crippen LogP contribution in [0.5, 0.6) is 0 Å².